The molecule has 168 valence electrons. The number of hydrogen-bond acceptors (Lipinski definition) is 6. The van der Waals surface area contributed by atoms with Gasteiger partial charge in [-0.05, 0) is 30.7 Å². The summed E-state index contributed by atoms with van der Waals surface area (Å²) in [6.45, 7) is 5.96. The van der Waals surface area contributed by atoms with Crippen LogP contribution in [0.4, 0.5) is 13.2 Å². The van der Waals surface area contributed by atoms with Crippen molar-refractivity contribution in [2.75, 3.05) is 46.0 Å². The van der Waals surface area contributed by atoms with E-state index in [9.17, 15) is 18.0 Å². The molecule has 1 spiro atoms. The topological polar surface area (TPSA) is 79.3 Å². The maximum Gasteiger partial charge on any atom is 0.490 e. The summed E-state index contributed by atoms with van der Waals surface area (Å²) in [6.07, 6.45) is -1.91. The van der Waals surface area contributed by atoms with Crippen LogP contribution in [0.5, 0.6) is 0 Å². The Morgan fingerprint density at radius 2 is 1.90 bits per heavy atom. The van der Waals surface area contributed by atoms with E-state index < -0.39 is 12.1 Å². The van der Waals surface area contributed by atoms with E-state index in [4.69, 9.17) is 19.4 Å². The number of carboxylic acids is 1. The van der Waals surface area contributed by atoms with Crippen LogP contribution < -0.4 is 0 Å². The van der Waals surface area contributed by atoms with Crippen molar-refractivity contribution in [3.8, 4) is 0 Å². The van der Waals surface area contributed by atoms with Crippen LogP contribution in [0.2, 0.25) is 0 Å². The molecule has 3 aliphatic rings. The van der Waals surface area contributed by atoms with Gasteiger partial charge >= 0.3 is 12.1 Å². The maximum atomic E-state index is 12.6. The number of alkyl halides is 3. The summed E-state index contributed by atoms with van der Waals surface area (Å²) < 4.78 is 43.4. The van der Waals surface area contributed by atoms with Gasteiger partial charge in [0.05, 0.1) is 30.9 Å². The second-order valence-corrected chi connectivity index (χ2v) is 8.41. The highest BCUT2D eigenvalue weighted by Gasteiger charge is 2.42. The zero-order valence-corrected chi connectivity index (χ0v) is 17.2. The number of likely N-dealkylation sites (tertiary alicyclic amines) is 1. The van der Waals surface area contributed by atoms with Gasteiger partial charge in [0.25, 0.3) is 5.91 Å². The average Bonchev–Trinajstić information content (AvgIpc) is 3.42. The van der Waals surface area contributed by atoms with E-state index in [1.165, 1.54) is 0 Å². The first-order valence-electron chi connectivity index (χ1n) is 9.77. The van der Waals surface area contributed by atoms with Gasteiger partial charge in [-0.25, -0.2) is 4.79 Å². The lowest BCUT2D eigenvalue weighted by Crippen LogP contribution is -2.59. The van der Waals surface area contributed by atoms with Gasteiger partial charge in [-0.1, -0.05) is 0 Å². The minimum atomic E-state index is -5.08. The van der Waals surface area contributed by atoms with Crippen molar-refractivity contribution in [3.63, 3.8) is 0 Å². The van der Waals surface area contributed by atoms with E-state index in [0.717, 1.165) is 57.7 Å². The van der Waals surface area contributed by atoms with Gasteiger partial charge in [-0.2, -0.15) is 24.5 Å². The third kappa shape index (κ3) is 5.71. The second-order valence-electron chi connectivity index (χ2n) is 7.63. The Labute approximate surface area is 176 Å². The number of piperidine rings is 1. The van der Waals surface area contributed by atoms with Crippen molar-refractivity contribution in [2.24, 2.45) is 0 Å². The van der Waals surface area contributed by atoms with Gasteiger partial charge in [0.1, 0.15) is 0 Å². The molecular weight excluding hydrogens is 425 g/mol. The normalized spacial score (nSPS) is 24.4. The Morgan fingerprint density at radius 1 is 1.20 bits per heavy atom. The first-order valence-corrected chi connectivity index (χ1v) is 10.7. The average molecular weight is 450 g/mol. The summed E-state index contributed by atoms with van der Waals surface area (Å²) in [5.74, 6) is -2.60. The molecule has 30 heavy (non-hydrogen) atoms. The molecule has 4 heterocycles. The molecule has 11 heteroatoms. The molecule has 1 N–H and O–H groups in total. The van der Waals surface area contributed by atoms with Crippen molar-refractivity contribution in [1.29, 1.82) is 0 Å². The summed E-state index contributed by atoms with van der Waals surface area (Å²) >= 11 is 1.58. The summed E-state index contributed by atoms with van der Waals surface area (Å²) in [6, 6.07) is 2.50. The lowest BCUT2D eigenvalue weighted by Gasteiger charge is -2.48. The van der Waals surface area contributed by atoms with Crippen LogP contribution in [0, 0.1) is 0 Å². The van der Waals surface area contributed by atoms with Crippen LogP contribution in [0.1, 0.15) is 29.6 Å². The number of carboxylic acid groups (broad SMARTS) is 1. The molecular formula is C19H25F3N2O5S. The van der Waals surface area contributed by atoms with Crippen LogP contribution in [-0.4, -0.2) is 90.6 Å². The Morgan fingerprint density at radius 3 is 2.43 bits per heavy atom. The number of carbonyl (C=O) groups is 2. The third-order valence-corrected chi connectivity index (χ3v) is 6.36. The lowest BCUT2D eigenvalue weighted by atomic mass is 9.88. The van der Waals surface area contributed by atoms with Crippen LogP contribution >= 0.6 is 11.3 Å². The Bertz CT molecular complexity index is 714. The number of amides is 1. The molecule has 1 atom stereocenters. The minimum absolute atomic E-state index is 0.139. The molecule has 0 aromatic carbocycles. The zero-order valence-electron chi connectivity index (χ0n) is 16.4. The van der Waals surface area contributed by atoms with Gasteiger partial charge < -0.3 is 19.5 Å². The van der Waals surface area contributed by atoms with E-state index in [-0.39, 0.29) is 11.5 Å². The summed E-state index contributed by atoms with van der Waals surface area (Å²) in [7, 11) is 0. The van der Waals surface area contributed by atoms with Gasteiger partial charge in [0, 0.05) is 37.7 Å². The van der Waals surface area contributed by atoms with E-state index >= 15 is 0 Å². The summed E-state index contributed by atoms with van der Waals surface area (Å²) in [5.41, 5.74) is 0.674. The Balaban J connectivity index is 0.000000318. The molecule has 1 aromatic heterocycles. The fourth-order valence-corrected chi connectivity index (χ4v) is 4.63. The Kier molecular flexibility index (Phi) is 7.38. The molecule has 1 amide bonds. The largest absolute Gasteiger partial charge is 0.490 e. The fourth-order valence-electron chi connectivity index (χ4n) is 4.00. The van der Waals surface area contributed by atoms with Crippen molar-refractivity contribution >= 4 is 23.2 Å². The molecule has 3 saturated heterocycles. The van der Waals surface area contributed by atoms with E-state index in [1.807, 2.05) is 21.7 Å². The SMILES string of the molecule is O=C(O)C(F)(F)F.O=C(c1ccsc1)N1CCOC2(CCN(C3CCOC3)CC2)C1. The first kappa shape index (κ1) is 23.0. The molecule has 1 unspecified atom stereocenters. The molecule has 7 nitrogen and oxygen atoms in total. The number of nitrogens with zero attached hydrogens (tertiary/aromatic N) is 2. The minimum Gasteiger partial charge on any atom is -0.475 e. The maximum absolute atomic E-state index is 12.6. The summed E-state index contributed by atoms with van der Waals surface area (Å²) in [5, 5.41) is 11.0. The lowest BCUT2D eigenvalue weighted by molar-refractivity contribution is -0.192. The van der Waals surface area contributed by atoms with E-state index in [0.29, 0.717) is 19.2 Å². The highest BCUT2D eigenvalue weighted by molar-refractivity contribution is 7.08. The molecule has 1 aromatic rings. The van der Waals surface area contributed by atoms with Gasteiger partial charge in [-0.15, -0.1) is 0 Å². The van der Waals surface area contributed by atoms with Crippen LogP contribution in [-0.2, 0) is 14.3 Å². The summed E-state index contributed by atoms with van der Waals surface area (Å²) in [4.78, 5) is 26.0. The number of thiophene rings is 1. The predicted molar refractivity (Wildman–Crippen MR) is 103 cm³/mol. The molecule has 3 fully saturated rings. The quantitative estimate of drug-likeness (QED) is 0.746. The zero-order chi connectivity index (χ0) is 21.8. The van der Waals surface area contributed by atoms with Crippen molar-refractivity contribution in [2.45, 2.75) is 37.1 Å². The standard InChI is InChI=1S/C17H24N2O3S.C2HF3O2/c20-16(14-2-10-23-12-14)19-7-9-22-17(13-19)3-5-18(6-4-17)15-1-8-21-11-15;3-2(4,5)1(6)7/h2,10,12,15H,1,3-9,11,13H2;(H,6,7). The van der Waals surface area contributed by atoms with Crippen LogP contribution in [0.25, 0.3) is 0 Å². The first-order chi connectivity index (χ1) is 14.2. The number of hydrogen-bond donors (Lipinski definition) is 1. The third-order valence-electron chi connectivity index (χ3n) is 5.68. The second kappa shape index (κ2) is 9.63. The van der Waals surface area contributed by atoms with Crippen molar-refractivity contribution < 1.29 is 37.3 Å². The van der Waals surface area contributed by atoms with E-state index in [2.05, 4.69) is 4.90 Å². The number of halogens is 3. The molecule has 3 aliphatic heterocycles. The van der Waals surface area contributed by atoms with Gasteiger partial charge in [0.15, 0.2) is 0 Å². The van der Waals surface area contributed by atoms with Crippen LogP contribution in [0.3, 0.4) is 0 Å². The number of aliphatic carboxylic acids is 1. The van der Waals surface area contributed by atoms with Gasteiger partial charge in [0.2, 0.25) is 0 Å². The van der Waals surface area contributed by atoms with Crippen molar-refractivity contribution in [3.05, 3.63) is 22.4 Å². The molecule has 0 radical (unpaired) electrons. The Hall–Kier alpha value is -1.69. The molecule has 4 rings (SSSR count). The molecule has 0 saturated carbocycles. The monoisotopic (exact) mass is 450 g/mol. The smallest absolute Gasteiger partial charge is 0.475 e. The highest BCUT2D eigenvalue weighted by atomic mass is 32.1. The fraction of sp³-hybridized carbons (Fsp3) is 0.684. The molecule has 0 aliphatic carbocycles. The van der Waals surface area contributed by atoms with Gasteiger partial charge in [-0.3, -0.25) is 9.69 Å². The number of carbonyl (C=O) groups excluding carboxylic acids is 1. The molecule has 0 bridgehead atoms. The van der Waals surface area contributed by atoms with Crippen molar-refractivity contribution in [1.82, 2.24) is 9.80 Å². The predicted octanol–water partition coefficient (Wildman–Crippen LogP) is 2.48. The number of morpholine rings is 1. The number of ether oxygens (including phenoxy) is 2. The van der Waals surface area contributed by atoms with E-state index in [1.54, 1.807) is 11.3 Å². The highest BCUT2D eigenvalue weighted by Crippen LogP contribution is 2.32. The number of rotatable bonds is 2. The van der Waals surface area contributed by atoms with Crippen LogP contribution in [0.15, 0.2) is 16.8 Å².